The first-order valence-electron chi connectivity index (χ1n) is 3.06. The van der Waals surface area contributed by atoms with E-state index in [-0.39, 0.29) is 6.61 Å². The average Bonchev–Trinajstić information content (AvgIpc) is 2.38. The minimum Gasteiger partial charge on any atom is -0.394 e. The highest BCUT2D eigenvalue weighted by molar-refractivity contribution is 5.02. The highest BCUT2D eigenvalue weighted by Crippen LogP contribution is 2.10. The molecule has 1 aromatic heterocycles. The summed E-state index contributed by atoms with van der Waals surface area (Å²) in [7, 11) is 0. The molecule has 0 spiro atoms. The molecule has 0 bridgehead atoms. The van der Waals surface area contributed by atoms with Crippen LogP contribution in [0.4, 0.5) is 0 Å². The molecule has 0 aliphatic carbocycles. The number of aromatic nitrogens is 2. The predicted octanol–water partition coefficient (Wildman–Crippen LogP) is -0.424. The molecule has 56 valence electrons. The maximum atomic E-state index is 8.78. The standard InChI is InChI=1S/C6H11N3O/c1-6(7,4-10)5-8-2-3-9-5/h2-3,10H,4,7H2,1H3,(H,8,9). The number of aromatic amines is 1. The third kappa shape index (κ3) is 1.17. The van der Waals surface area contributed by atoms with E-state index in [1.807, 2.05) is 0 Å². The van der Waals surface area contributed by atoms with Gasteiger partial charge in [-0.05, 0) is 6.92 Å². The van der Waals surface area contributed by atoms with Gasteiger partial charge in [0, 0.05) is 12.4 Å². The molecule has 0 saturated heterocycles. The summed E-state index contributed by atoms with van der Waals surface area (Å²) in [6, 6.07) is 0. The molecular formula is C6H11N3O. The summed E-state index contributed by atoms with van der Waals surface area (Å²) in [6.07, 6.45) is 3.28. The molecule has 0 aliphatic heterocycles. The van der Waals surface area contributed by atoms with Gasteiger partial charge in [-0.3, -0.25) is 0 Å². The first-order chi connectivity index (χ1) is 4.67. The molecule has 0 radical (unpaired) electrons. The van der Waals surface area contributed by atoms with E-state index in [9.17, 15) is 0 Å². The summed E-state index contributed by atoms with van der Waals surface area (Å²) < 4.78 is 0. The maximum absolute atomic E-state index is 8.78. The van der Waals surface area contributed by atoms with Crippen molar-refractivity contribution in [3.63, 3.8) is 0 Å². The van der Waals surface area contributed by atoms with Crippen LogP contribution in [-0.4, -0.2) is 21.7 Å². The van der Waals surface area contributed by atoms with Crippen LogP contribution in [0.15, 0.2) is 12.4 Å². The smallest absolute Gasteiger partial charge is 0.128 e. The van der Waals surface area contributed by atoms with Crippen molar-refractivity contribution < 1.29 is 5.11 Å². The van der Waals surface area contributed by atoms with E-state index in [1.54, 1.807) is 19.3 Å². The van der Waals surface area contributed by atoms with E-state index in [0.717, 1.165) is 0 Å². The molecule has 4 heteroatoms. The van der Waals surface area contributed by atoms with E-state index < -0.39 is 5.54 Å². The van der Waals surface area contributed by atoms with Crippen molar-refractivity contribution in [2.45, 2.75) is 12.5 Å². The van der Waals surface area contributed by atoms with E-state index in [1.165, 1.54) is 0 Å². The summed E-state index contributed by atoms with van der Waals surface area (Å²) in [6.45, 7) is 1.60. The molecule has 1 aromatic rings. The maximum Gasteiger partial charge on any atom is 0.128 e. The molecule has 4 N–H and O–H groups in total. The number of aliphatic hydroxyl groups is 1. The van der Waals surface area contributed by atoms with Crippen molar-refractivity contribution in [3.8, 4) is 0 Å². The Hall–Kier alpha value is -0.870. The quantitative estimate of drug-likeness (QED) is 0.523. The fraction of sp³-hybridized carbons (Fsp3) is 0.500. The molecule has 0 amide bonds. The molecule has 0 saturated carbocycles. The van der Waals surface area contributed by atoms with Crippen molar-refractivity contribution in [1.82, 2.24) is 9.97 Å². The summed E-state index contributed by atoms with van der Waals surface area (Å²) in [5, 5.41) is 8.78. The number of imidazole rings is 1. The van der Waals surface area contributed by atoms with Gasteiger partial charge in [0.1, 0.15) is 5.82 Å². The molecule has 1 unspecified atom stereocenters. The van der Waals surface area contributed by atoms with Crippen LogP contribution in [0.2, 0.25) is 0 Å². The minimum absolute atomic E-state index is 0.111. The zero-order valence-electron chi connectivity index (χ0n) is 5.83. The van der Waals surface area contributed by atoms with E-state index in [2.05, 4.69) is 9.97 Å². The zero-order chi connectivity index (χ0) is 7.61. The Morgan fingerprint density at radius 1 is 1.90 bits per heavy atom. The number of nitrogens with one attached hydrogen (secondary N) is 1. The van der Waals surface area contributed by atoms with Gasteiger partial charge in [0.2, 0.25) is 0 Å². The Labute approximate surface area is 59.1 Å². The fourth-order valence-corrected chi connectivity index (χ4v) is 0.652. The Morgan fingerprint density at radius 3 is 3.00 bits per heavy atom. The Kier molecular flexibility index (Phi) is 1.74. The third-order valence-corrected chi connectivity index (χ3v) is 1.37. The molecule has 0 aliphatic rings. The molecule has 10 heavy (non-hydrogen) atoms. The highest BCUT2D eigenvalue weighted by atomic mass is 16.3. The van der Waals surface area contributed by atoms with Gasteiger partial charge in [0.05, 0.1) is 12.1 Å². The number of hydrogen-bond acceptors (Lipinski definition) is 3. The Morgan fingerprint density at radius 2 is 2.60 bits per heavy atom. The molecule has 4 nitrogen and oxygen atoms in total. The minimum atomic E-state index is -0.747. The van der Waals surface area contributed by atoms with Crippen LogP contribution in [0.25, 0.3) is 0 Å². The highest BCUT2D eigenvalue weighted by Gasteiger charge is 2.21. The van der Waals surface area contributed by atoms with Crippen LogP contribution in [0, 0.1) is 0 Å². The number of hydrogen-bond donors (Lipinski definition) is 3. The van der Waals surface area contributed by atoms with Crippen molar-refractivity contribution in [3.05, 3.63) is 18.2 Å². The molecule has 0 fully saturated rings. The Bertz CT molecular complexity index is 193. The van der Waals surface area contributed by atoms with Gasteiger partial charge < -0.3 is 15.8 Å². The van der Waals surface area contributed by atoms with Gasteiger partial charge in [-0.25, -0.2) is 4.98 Å². The van der Waals surface area contributed by atoms with Crippen molar-refractivity contribution in [2.75, 3.05) is 6.61 Å². The summed E-state index contributed by atoms with van der Waals surface area (Å²) in [5.41, 5.74) is 4.89. The van der Waals surface area contributed by atoms with Crippen molar-refractivity contribution in [2.24, 2.45) is 5.73 Å². The fourth-order valence-electron chi connectivity index (χ4n) is 0.652. The molecule has 1 atom stereocenters. The third-order valence-electron chi connectivity index (χ3n) is 1.37. The lowest BCUT2D eigenvalue weighted by Crippen LogP contribution is -2.38. The van der Waals surface area contributed by atoms with E-state index >= 15 is 0 Å². The van der Waals surface area contributed by atoms with E-state index in [0.29, 0.717) is 5.82 Å². The lowest BCUT2D eigenvalue weighted by atomic mass is 10.1. The number of rotatable bonds is 2. The van der Waals surface area contributed by atoms with Crippen molar-refractivity contribution in [1.29, 1.82) is 0 Å². The van der Waals surface area contributed by atoms with Gasteiger partial charge in [0.25, 0.3) is 0 Å². The molecular weight excluding hydrogens is 130 g/mol. The molecule has 0 aromatic carbocycles. The normalized spacial score (nSPS) is 16.7. The number of aliphatic hydroxyl groups excluding tert-OH is 1. The van der Waals surface area contributed by atoms with Gasteiger partial charge in [-0.15, -0.1) is 0 Å². The predicted molar refractivity (Wildman–Crippen MR) is 37.2 cm³/mol. The zero-order valence-corrected chi connectivity index (χ0v) is 5.83. The van der Waals surface area contributed by atoms with Crippen LogP contribution in [-0.2, 0) is 5.54 Å². The SMILES string of the molecule is CC(N)(CO)c1ncc[nH]1. The summed E-state index contributed by atoms with van der Waals surface area (Å²) in [5.74, 6) is 0.606. The number of nitrogens with two attached hydrogens (primary N) is 1. The second-order valence-electron chi connectivity index (χ2n) is 2.51. The Balaban J connectivity index is 2.85. The van der Waals surface area contributed by atoms with Crippen LogP contribution < -0.4 is 5.73 Å². The van der Waals surface area contributed by atoms with Crippen LogP contribution in [0.3, 0.4) is 0 Å². The van der Waals surface area contributed by atoms with Gasteiger partial charge in [-0.1, -0.05) is 0 Å². The lowest BCUT2D eigenvalue weighted by molar-refractivity contribution is 0.204. The topological polar surface area (TPSA) is 74.9 Å². The van der Waals surface area contributed by atoms with Gasteiger partial charge in [0.15, 0.2) is 0 Å². The van der Waals surface area contributed by atoms with Crippen molar-refractivity contribution >= 4 is 0 Å². The van der Waals surface area contributed by atoms with Crippen LogP contribution in [0.5, 0.6) is 0 Å². The summed E-state index contributed by atoms with van der Waals surface area (Å²) in [4.78, 5) is 6.75. The largest absolute Gasteiger partial charge is 0.394 e. The number of H-pyrrole nitrogens is 1. The monoisotopic (exact) mass is 141 g/mol. The van der Waals surface area contributed by atoms with Crippen LogP contribution in [0.1, 0.15) is 12.7 Å². The van der Waals surface area contributed by atoms with Crippen LogP contribution >= 0.6 is 0 Å². The average molecular weight is 141 g/mol. The number of nitrogens with zero attached hydrogens (tertiary/aromatic N) is 1. The first-order valence-corrected chi connectivity index (χ1v) is 3.06. The molecule has 1 rings (SSSR count). The first kappa shape index (κ1) is 7.24. The van der Waals surface area contributed by atoms with E-state index in [4.69, 9.17) is 10.8 Å². The lowest BCUT2D eigenvalue weighted by Gasteiger charge is -2.17. The van der Waals surface area contributed by atoms with Gasteiger partial charge >= 0.3 is 0 Å². The molecule has 1 heterocycles. The second-order valence-corrected chi connectivity index (χ2v) is 2.51. The second kappa shape index (κ2) is 2.40. The summed E-state index contributed by atoms with van der Waals surface area (Å²) >= 11 is 0. The van der Waals surface area contributed by atoms with Gasteiger partial charge in [-0.2, -0.15) is 0 Å².